The lowest BCUT2D eigenvalue weighted by Gasteiger charge is -2.13. The first-order valence-electron chi connectivity index (χ1n) is 7.73. The van der Waals surface area contributed by atoms with Crippen molar-refractivity contribution in [3.05, 3.63) is 64.1 Å². The van der Waals surface area contributed by atoms with Crippen LogP contribution in [0, 0.1) is 0 Å². The number of nitrogens with one attached hydrogen (secondary N) is 2. The Labute approximate surface area is 156 Å². The summed E-state index contributed by atoms with van der Waals surface area (Å²) in [7, 11) is 0. The van der Waals surface area contributed by atoms with Gasteiger partial charge in [-0.2, -0.15) is 13.2 Å². The largest absolute Gasteiger partial charge is 0.471 e. The third-order valence-electron chi connectivity index (χ3n) is 3.54. The van der Waals surface area contributed by atoms with Crippen molar-refractivity contribution >= 4 is 33.4 Å². The third kappa shape index (κ3) is 6.18. The number of aryl methyl sites for hydroxylation is 1. The van der Waals surface area contributed by atoms with E-state index < -0.39 is 12.1 Å². The van der Waals surface area contributed by atoms with Crippen LogP contribution < -0.4 is 10.6 Å². The highest BCUT2D eigenvalue weighted by Gasteiger charge is 2.38. The molecule has 138 valence electrons. The van der Waals surface area contributed by atoms with E-state index in [1.165, 1.54) is 0 Å². The van der Waals surface area contributed by atoms with Gasteiger partial charge in [0, 0.05) is 23.1 Å². The summed E-state index contributed by atoms with van der Waals surface area (Å²) in [6.45, 7) is -0.332. The number of hydrogen-bond acceptors (Lipinski definition) is 2. The number of rotatable bonds is 6. The second kappa shape index (κ2) is 8.84. The minimum atomic E-state index is -4.94. The van der Waals surface area contributed by atoms with Gasteiger partial charge in [-0.05, 0) is 35.7 Å². The average molecular weight is 429 g/mol. The number of hydrogen-bond donors (Lipinski definition) is 2. The maximum absolute atomic E-state index is 12.3. The molecule has 4 nitrogen and oxygen atoms in total. The molecule has 0 saturated heterocycles. The first-order chi connectivity index (χ1) is 12.3. The van der Waals surface area contributed by atoms with Crippen molar-refractivity contribution in [1.29, 1.82) is 0 Å². The Morgan fingerprint density at radius 2 is 1.65 bits per heavy atom. The van der Waals surface area contributed by atoms with Crippen LogP contribution in [0.5, 0.6) is 0 Å². The van der Waals surface area contributed by atoms with Crippen LogP contribution in [-0.2, 0) is 22.6 Å². The van der Waals surface area contributed by atoms with Crippen molar-refractivity contribution < 1.29 is 22.8 Å². The van der Waals surface area contributed by atoms with E-state index in [1.54, 1.807) is 29.6 Å². The Kier molecular flexibility index (Phi) is 6.79. The molecule has 0 bridgehead atoms. The topological polar surface area (TPSA) is 58.2 Å². The molecule has 2 aromatic carbocycles. The van der Waals surface area contributed by atoms with Gasteiger partial charge in [0.25, 0.3) is 0 Å². The van der Waals surface area contributed by atoms with Gasteiger partial charge >= 0.3 is 12.1 Å². The number of anilines is 1. The second-order valence-corrected chi connectivity index (χ2v) is 6.43. The summed E-state index contributed by atoms with van der Waals surface area (Å²) in [5.41, 5.74) is 1.76. The number of carbonyl (C=O) groups excluding carboxylic acids is 2. The molecule has 0 aliphatic heterocycles. The zero-order valence-corrected chi connectivity index (χ0v) is 15.2. The van der Waals surface area contributed by atoms with Gasteiger partial charge in [-0.1, -0.05) is 46.3 Å². The van der Waals surface area contributed by atoms with E-state index in [1.807, 2.05) is 24.3 Å². The number of amides is 2. The van der Waals surface area contributed by atoms with Crippen LogP contribution in [0.2, 0.25) is 0 Å². The lowest BCUT2D eigenvalue weighted by Crippen LogP contribution is -2.36. The minimum absolute atomic E-state index is 0.227. The molecule has 0 heterocycles. The van der Waals surface area contributed by atoms with Crippen LogP contribution >= 0.6 is 15.9 Å². The molecule has 0 fully saturated rings. The van der Waals surface area contributed by atoms with Gasteiger partial charge in [0.15, 0.2) is 0 Å². The molecular formula is C18H16BrF3N2O2. The normalized spacial score (nSPS) is 11.1. The first-order valence-corrected chi connectivity index (χ1v) is 8.52. The molecule has 0 unspecified atom stereocenters. The van der Waals surface area contributed by atoms with Crippen molar-refractivity contribution in [2.45, 2.75) is 25.6 Å². The van der Waals surface area contributed by atoms with Crippen molar-refractivity contribution in [2.75, 3.05) is 5.32 Å². The minimum Gasteiger partial charge on any atom is -0.344 e. The predicted molar refractivity (Wildman–Crippen MR) is 95.4 cm³/mol. The predicted octanol–water partition coefficient (Wildman–Crippen LogP) is 4.20. The van der Waals surface area contributed by atoms with Gasteiger partial charge < -0.3 is 10.6 Å². The quantitative estimate of drug-likeness (QED) is 0.724. The fraction of sp³-hybridized carbons (Fsp3) is 0.222. The molecule has 2 N–H and O–H groups in total. The van der Waals surface area contributed by atoms with Crippen molar-refractivity contribution in [3.63, 3.8) is 0 Å². The van der Waals surface area contributed by atoms with Crippen LogP contribution in [0.15, 0.2) is 53.0 Å². The van der Waals surface area contributed by atoms with Crippen LogP contribution in [0.4, 0.5) is 18.9 Å². The van der Waals surface area contributed by atoms with Gasteiger partial charge in [0.2, 0.25) is 5.91 Å². The highest BCUT2D eigenvalue weighted by Crippen LogP contribution is 2.18. The highest BCUT2D eigenvalue weighted by molar-refractivity contribution is 9.10. The van der Waals surface area contributed by atoms with E-state index in [-0.39, 0.29) is 18.9 Å². The molecule has 2 amide bonds. The van der Waals surface area contributed by atoms with Crippen LogP contribution in [0.1, 0.15) is 17.5 Å². The van der Waals surface area contributed by atoms with Crippen molar-refractivity contribution in [2.24, 2.45) is 0 Å². The molecule has 8 heteroatoms. The number of benzene rings is 2. The molecule has 0 radical (unpaired) electrons. The Bertz CT molecular complexity index is 777. The Morgan fingerprint density at radius 3 is 2.31 bits per heavy atom. The SMILES string of the molecule is O=C(CCc1ccc(Br)cc1)Nc1ccccc1CNC(=O)C(F)(F)F. The maximum atomic E-state index is 12.3. The Balaban J connectivity index is 1.93. The van der Waals surface area contributed by atoms with E-state index in [0.717, 1.165) is 10.0 Å². The zero-order chi connectivity index (χ0) is 19.2. The molecule has 0 saturated carbocycles. The number of para-hydroxylation sites is 1. The number of carbonyl (C=O) groups is 2. The maximum Gasteiger partial charge on any atom is 0.471 e. The summed E-state index contributed by atoms with van der Waals surface area (Å²) in [6, 6.07) is 14.0. The van der Waals surface area contributed by atoms with E-state index in [2.05, 4.69) is 21.2 Å². The van der Waals surface area contributed by atoms with Gasteiger partial charge in [0.05, 0.1) is 0 Å². The van der Waals surface area contributed by atoms with Crippen molar-refractivity contribution in [1.82, 2.24) is 5.32 Å². The molecule has 0 aromatic heterocycles. The summed E-state index contributed by atoms with van der Waals surface area (Å²) in [5.74, 6) is -2.28. The Hall–Kier alpha value is -2.35. The second-order valence-electron chi connectivity index (χ2n) is 5.51. The number of alkyl halides is 3. The summed E-state index contributed by atoms with van der Waals surface area (Å²) in [5, 5.41) is 4.47. The van der Waals surface area contributed by atoms with Crippen LogP contribution in [0.3, 0.4) is 0 Å². The summed E-state index contributed by atoms with van der Waals surface area (Å²) < 4.78 is 37.7. The summed E-state index contributed by atoms with van der Waals surface area (Å²) >= 11 is 3.34. The van der Waals surface area contributed by atoms with Gasteiger partial charge in [-0.25, -0.2) is 0 Å². The van der Waals surface area contributed by atoms with Crippen molar-refractivity contribution in [3.8, 4) is 0 Å². The zero-order valence-electron chi connectivity index (χ0n) is 13.6. The fourth-order valence-electron chi connectivity index (χ4n) is 2.19. The average Bonchev–Trinajstić information content (AvgIpc) is 2.59. The van der Waals surface area contributed by atoms with Crippen LogP contribution in [-0.4, -0.2) is 18.0 Å². The van der Waals surface area contributed by atoms with E-state index in [9.17, 15) is 22.8 Å². The van der Waals surface area contributed by atoms with Gasteiger partial charge in [-0.3, -0.25) is 9.59 Å². The molecule has 0 aliphatic rings. The van der Waals surface area contributed by atoms with E-state index >= 15 is 0 Å². The molecular weight excluding hydrogens is 413 g/mol. The molecule has 0 atom stereocenters. The monoisotopic (exact) mass is 428 g/mol. The molecule has 2 rings (SSSR count). The molecule has 0 spiro atoms. The fourth-order valence-corrected chi connectivity index (χ4v) is 2.46. The lowest BCUT2D eigenvalue weighted by atomic mass is 10.1. The Morgan fingerprint density at radius 1 is 1.00 bits per heavy atom. The molecule has 2 aromatic rings. The molecule has 0 aliphatic carbocycles. The van der Waals surface area contributed by atoms with E-state index in [0.29, 0.717) is 17.7 Å². The standard InChI is InChI=1S/C18H16BrF3N2O2/c19-14-8-5-12(6-9-14)7-10-16(25)24-15-4-2-1-3-13(15)11-23-17(26)18(20,21)22/h1-6,8-9H,7,10-11H2,(H,23,26)(H,24,25). The lowest BCUT2D eigenvalue weighted by molar-refractivity contribution is -0.173. The highest BCUT2D eigenvalue weighted by atomic mass is 79.9. The summed E-state index contributed by atoms with van der Waals surface area (Å²) in [6.07, 6.45) is -4.18. The van der Waals surface area contributed by atoms with Gasteiger partial charge in [0.1, 0.15) is 0 Å². The van der Waals surface area contributed by atoms with Gasteiger partial charge in [-0.15, -0.1) is 0 Å². The first kappa shape index (κ1) is 20.0. The molecule has 26 heavy (non-hydrogen) atoms. The summed E-state index contributed by atoms with van der Waals surface area (Å²) in [4.78, 5) is 23.0. The number of halogens is 4. The third-order valence-corrected chi connectivity index (χ3v) is 4.07. The van der Waals surface area contributed by atoms with Crippen LogP contribution in [0.25, 0.3) is 0 Å². The smallest absolute Gasteiger partial charge is 0.344 e. The van der Waals surface area contributed by atoms with E-state index in [4.69, 9.17) is 0 Å².